The zero-order valence-corrected chi connectivity index (χ0v) is 12.6. The molecule has 1 fully saturated rings. The van der Waals surface area contributed by atoms with Gasteiger partial charge in [-0.2, -0.15) is 13.2 Å². The third kappa shape index (κ3) is 3.83. The molecular formula is C16H23F3N2. The summed E-state index contributed by atoms with van der Waals surface area (Å²) >= 11 is 0. The van der Waals surface area contributed by atoms with Gasteiger partial charge in [-0.05, 0) is 49.3 Å². The van der Waals surface area contributed by atoms with E-state index >= 15 is 0 Å². The van der Waals surface area contributed by atoms with Crippen LogP contribution in [0.5, 0.6) is 0 Å². The van der Waals surface area contributed by atoms with Crippen LogP contribution in [0.25, 0.3) is 0 Å². The van der Waals surface area contributed by atoms with E-state index in [2.05, 4.69) is 18.7 Å². The molecule has 0 saturated carbocycles. The van der Waals surface area contributed by atoms with Crippen molar-refractivity contribution in [2.75, 3.05) is 23.7 Å². The number of nitrogen functional groups attached to an aromatic ring is 1. The lowest BCUT2D eigenvalue weighted by Gasteiger charge is -2.25. The smallest absolute Gasteiger partial charge is 0.397 e. The highest BCUT2D eigenvalue weighted by Crippen LogP contribution is 2.35. The number of hydrogen-bond donors (Lipinski definition) is 1. The summed E-state index contributed by atoms with van der Waals surface area (Å²) in [6, 6.07) is 3.67. The van der Waals surface area contributed by atoms with E-state index in [-0.39, 0.29) is 5.69 Å². The Labute approximate surface area is 124 Å². The fraction of sp³-hybridized carbons (Fsp3) is 0.625. The quantitative estimate of drug-likeness (QED) is 0.812. The molecule has 21 heavy (non-hydrogen) atoms. The Morgan fingerprint density at radius 1 is 1.19 bits per heavy atom. The van der Waals surface area contributed by atoms with Gasteiger partial charge in [0.1, 0.15) is 0 Å². The third-order valence-electron chi connectivity index (χ3n) is 4.41. The molecule has 0 spiro atoms. The van der Waals surface area contributed by atoms with Crippen molar-refractivity contribution in [2.24, 2.45) is 11.8 Å². The fourth-order valence-corrected chi connectivity index (χ4v) is 3.05. The largest absolute Gasteiger partial charge is 0.416 e. The molecule has 1 unspecified atom stereocenters. The van der Waals surface area contributed by atoms with Gasteiger partial charge < -0.3 is 10.6 Å². The summed E-state index contributed by atoms with van der Waals surface area (Å²) in [5, 5.41) is 0. The lowest BCUT2D eigenvalue weighted by Crippen LogP contribution is -2.25. The van der Waals surface area contributed by atoms with Crippen LogP contribution in [0.1, 0.15) is 38.7 Å². The van der Waals surface area contributed by atoms with E-state index in [0.29, 0.717) is 11.8 Å². The van der Waals surface area contributed by atoms with Crippen molar-refractivity contribution in [3.05, 3.63) is 23.8 Å². The molecule has 2 N–H and O–H groups in total. The molecule has 1 aromatic rings. The lowest BCUT2D eigenvalue weighted by molar-refractivity contribution is -0.137. The molecule has 5 heteroatoms. The minimum absolute atomic E-state index is 0.216. The molecule has 1 atom stereocenters. The number of nitrogens with zero attached hydrogens (tertiary/aromatic N) is 1. The van der Waals surface area contributed by atoms with Crippen molar-refractivity contribution in [3.63, 3.8) is 0 Å². The summed E-state index contributed by atoms with van der Waals surface area (Å²) in [5.74, 6) is 1.33. The highest BCUT2D eigenvalue weighted by Gasteiger charge is 2.31. The maximum Gasteiger partial charge on any atom is 0.416 e. The topological polar surface area (TPSA) is 29.3 Å². The summed E-state index contributed by atoms with van der Waals surface area (Å²) in [4.78, 5) is 2.12. The van der Waals surface area contributed by atoms with Crippen molar-refractivity contribution in [3.8, 4) is 0 Å². The Bertz CT molecular complexity index is 483. The van der Waals surface area contributed by atoms with Gasteiger partial charge >= 0.3 is 6.18 Å². The Hall–Kier alpha value is -1.39. The molecule has 0 aliphatic carbocycles. The minimum Gasteiger partial charge on any atom is -0.397 e. The summed E-state index contributed by atoms with van der Waals surface area (Å²) in [5.41, 5.74) is 6.12. The molecule has 1 aliphatic heterocycles. The maximum absolute atomic E-state index is 12.7. The molecular weight excluding hydrogens is 277 g/mol. The summed E-state index contributed by atoms with van der Waals surface area (Å²) in [7, 11) is 0. The number of halogens is 3. The van der Waals surface area contributed by atoms with Crippen molar-refractivity contribution in [1.29, 1.82) is 0 Å². The number of hydrogen-bond acceptors (Lipinski definition) is 2. The van der Waals surface area contributed by atoms with E-state index in [1.165, 1.54) is 12.5 Å². The Morgan fingerprint density at radius 3 is 2.48 bits per heavy atom. The van der Waals surface area contributed by atoms with E-state index in [1.54, 1.807) is 0 Å². The monoisotopic (exact) mass is 300 g/mol. The molecule has 0 bridgehead atoms. The van der Waals surface area contributed by atoms with Crippen LogP contribution in [0, 0.1) is 11.8 Å². The fourth-order valence-electron chi connectivity index (χ4n) is 3.05. The van der Waals surface area contributed by atoms with Gasteiger partial charge in [-0.1, -0.05) is 13.8 Å². The van der Waals surface area contributed by atoms with Crippen LogP contribution in [-0.2, 0) is 6.18 Å². The van der Waals surface area contributed by atoms with Gasteiger partial charge in [0.05, 0.1) is 16.9 Å². The van der Waals surface area contributed by atoms with Crippen LogP contribution in [0.4, 0.5) is 24.5 Å². The summed E-state index contributed by atoms with van der Waals surface area (Å²) < 4.78 is 38.0. The van der Waals surface area contributed by atoms with Crippen LogP contribution in [0.2, 0.25) is 0 Å². The Morgan fingerprint density at radius 2 is 1.90 bits per heavy atom. The first-order chi connectivity index (χ1) is 9.79. The average Bonchev–Trinajstić information content (AvgIpc) is 2.63. The second kappa shape index (κ2) is 6.16. The van der Waals surface area contributed by atoms with Crippen LogP contribution < -0.4 is 10.6 Å². The van der Waals surface area contributed by atoms with Gasteiger partial charge in [-0.15, -0.1) is 0 Å². The predicted octanol–water partition coefficient (Wildman–Crippen LogP) is 4.55. The van der Waals surface area contributed by atoms with Crippen molar-refractivity contribution in [2.45, 2.75) is 39.3 Å². The SMILES string of the molecule is CC(C)C1CCCN(c2ccc(C(F)(F)F)cc2N)CC1. The van der Waals surface area contributed by atoms with E-state index in [4.69, 9.17) is 5.73 Å². The normalized spacial score (nSPS) is 20.7. The molecule has 2 nitrogen and oxygen atoms in total. The second-order valence-corrected chi connectivity index (χ2v) is 6.19. The molecule has 1 aromatic carbocycles. The number of anilines is 2. The lowest BCUT2D eigenvalue weighted by atomic mass is 9.89. The number of alkyl halides is 3. The van der Waals surface area contributed by atoms with Crippen molar-refractivity contribution in [1.82, 2.24) is 0 Å². The first kappa shape index (κ1) is 16.0. The van der Waals surface area contributed by atoms with Crippen molar-refractivity contribution < 1.29 is 13.2 Å². The second-order valence-electron chi connectivity index (χ2n) is 6.19. The van der Waals surface area contributed by atoms with Crippen LogP contribution in [-0.4, -0.2) is 13.1 Å². The van der Waals surface area contributed by atoms with E-state index < -0.39 is 11.7 Å². The molecule has 118 valence electrons. The first-order valence-corrected chi connectivity index (χ1v) is 7.50. The van der Waals surface area contributed by atoms with Crippen LogP contribution >= 0.6 is 0 Å². The molecule has 1 aliphatic rings. The highest BCUT2D eigenvalue weighted by atomic mass is 19.4. The zero-order chi connectivity index (χ0) is 15.6. The van der Waals surface area contributed by atoms with Crippen molar-refractivity contribution >= 4 is 11.4 Å². The van der Waals surface area contributed by atoms with E-state index in [9.17, 15) is 13.2 Å². The van der Waals surface area contributed by atoms with E-state index in [1.807, 2.05) is 0 Å². The third-order valence-corrected chi connectivity index (χ3v) is 4.41. The van der Waals surface area contributed by atoms with Crippen LogP contribution in [0.15, 0.2) is 18.2 Å². The number of benzene rings is 1. The summed E-state index contributed by atoms with van der Waals surface area (Å²) in [6.45, 7) is 6.18. The molecule has 2 rings (SSSR count). The number of rotatable bonds is 2. The zero-order valence-electron chi connectivity index (χ0n) is 12.6. The maximum atomic E-state index is 12.7. The molecule has 0 amide bonds. The van der Waals surface area contributed by atoms with Crippen LogP contribution in [0.3, 0.4) is 0 Å². The number of nitrogens with two attached hydrogens (primary N) is 1. The first-order valence-electron chi connectivity index (χ1n) is 7.50. The minimum atomic E-state index is -4.34. The van der Waals surface area contributed by atoms with Gasteiger partial charge in [0, 0.05) is 13.1 Å². The van der Waals surface area contributed by atoms with E-state index in [0.717, 1.165) is 43.8 Å². The molecule has 1 saturated heterocycles. The molecule has 0 radical (unpaired) electrons. The van der Waals surface area contributed by atoms with Gasteiger partial charge in [0.25, 0.3) is 0 Å². The average molecular weight is 300 g/mol. The van der Waals surface area contributed by atoms with Gasteiger partial charge in [0.2, 0.25) is 0 Å². The Kier molecular flexibility index (Phi) is 4.69. The predicted molar refractivity (Wildman–Crippen MR) is 80.2 cm³/mol. The summed E-state index contributed by atoms with van der Waals surface area (Å²) in [6.07, 6.45) is -1.04. The standard InChI is InChI=1S/C16H23F3N2/c1-11(2)12-4-3-8-21(9-7-12)15-6-5-13(10-14(15)20)16(17,18)19/h5-6,10-12H,3-4,7-9,20H2,1-2H3. The van der Waals surface area contributed by atoms with Gasteiger partial charge in [-0.25, -0.2) is 0 Å². The Balaban J connectivity index is 2.15. The molecule has 1 heterocycles. The van der Waals surface area contributed by atoms with Gasteiger partial charge in [0.15, 0.2) is 0 Å². The van der Waals surface area contributed by atoms with Gasteiger partial charge in [-0.3, -0.25) is 0 Å². The highest BCUT2D eigenvalue weighted by molar-refractivity contribution is 5.68. The molecule has 0 aromatic heterocycles.